The Hall–Kier alpha value is -0.680. The largest absolute Gasteiger partial charge is 0.292 e. The first-order valence-electron chi connectivity index (χ1n) is 5.11. The third-order valence-corrected chi connectivity index (χ3v) is 2.80. The smallest absolute Gasteiger partial charge is 0.126 e. The van der Waals surface area contributed by atoms with E-state index in [1.54, 1.807) is 13.0 Å². The Morgan fingerprint density at radius 2 is 2.19 bits per heavy atom. The predicted octanol–water partition coefficient (Wildman–Crippen LogP) is 1.68. The van der Waals surface area contributed by atoms with E-state index in [1.165, 1.54) is 6.07 Å². The third kappa shape index (κ3) is 3.72. The second-order valence-electron chi connectivity index (χ2n) is 3.88. The zero-order chi connectivity index (χ0) is 12.1. The summed E-state index contributed by atoms with van der Waals surface area (Å²) >= 11 is 6.04. The highest BCUT2D eigenvalue weighted by molar-refractivity contribution is 6.31. The average Bonchev–Trinajstić information content (AvgIpc) is 2.22. The highest BCUT2D eigenvalue weighted by atomic mass is 35.5. The van der Waals surface area contributed by atoms with E-state index in [9.17, 15) is 4.39 Å². The molecule has 0 saturated heterocycles. The highest BCUT2D eigenvalue weighted by Crippen LogP contribution is 2.20. The molecule has 0 atom stereocenters. The highest BCUT2D eigenvalue weighted by Gasteiger charge is 2.06. The number of hydrogen-bond donors (Lipinski definition) is 2. The predicted molar refractivity (Wildman–Crippen MR) is 64.7 cm³/mol. The number of nitrogens with one attached hydrogen (secondary N) is 1. The van der Waals surface area contributed by atoms with Crippen molar-refractivity contribution in [2.24, 2.45) is 5.84 Å². The van der Waals surface area contributed by atoms with Gasteiger partial charge < -0.3 is 0 Å². The molecule has 0 aromatic heterocycles. The van der Waals surface area contributed by atoms with Crippen LogP contribution < -0.4 is 11.3 Å². The van der Waals surface area contributed by atoms with Crippen LogP contribution in [-0.2, 0) is 6.42 Å². The van der Waals surface area contributed by atoms with Gasteiger partial charge >= 0.3 is 0 Å². The molecule has 0 saturated carbocycles. The standard InChI is InChI=1S/C11H17ClFN3/c1-8-5-10(12)9(6-11(8)13)3-4-16(2)7-15-14/h5-6,15H,3-4,7,14H2,1-2H3. The molecule has 90 valence electrons. The van der Waals surface area contributed by atoms with Crippen LogP contribution in [0, 0.1) is 12.7 Å². The fourth-order valence-electron chi connectivity index (χ4n) is 1.43. The summed E-state index contributed by atoms with van der Waals surface area (Å²) in [6.45, 7) is 3.06. The van der Waals surface area contributed by atoms with Crippen LogP contribution in [0.25, 0.3) is 0 Å². The van der Waals surface area contributed by atoms with E-state index in [2.05, 4.69) is 5.43 Å². The lowest BCUT2D eigenvalue weighted by atomic mass is 10.1. The maximum Gasteiger partial charge on any atom is 0.126 e. The van der Waals surface area contributed by atoms with Gasteiger partial charge in [-0.15, -0.1) is 0 Å². The van der Waals surface area contributed by atoms with Gasteiger partial charge in [-0.25, -0.2) is 9.82 Å². The number of hydrazine groups is 1. The summed E-state index contributed by atoms with van der Waals surface area (Å²) in [5, 5.41) is 0.619. The van der Waals surface area contributed by atoms with Gasteiger partial charge in [-0.3, -0.25) is 10.7 Å². The van der Waals surface area contributed by atoms with Gasteiger partial charge in [-0.05, 0) is 43.7 Å². The van der Waals surface area contributed by atoms with Crippen LogP contribution in [0.15, 0.2) is 12.1 Å². The molecular formula is C11H17ClFN3. The van der Waals surface area contributed by atoms with E-state index in [0.717, 1.165) is 12.1 Å². The molecule has 0 aliphatic heterocycles. The molecule has 0 aliphatic rings. The number of likely N-dealkylation sites (N-methyl/N-ethyl adjacent to an activating group) is 1. The summed E-state index contributed by atoms with van der Waals surface area (Å²) in [6.07, 6.45) is 0.703. The molecule has 0 spiro atoms. The molecule has 1 aromatic rings. The summed E-state index contributed by atoms with van der Waals surface area (Å²) in [5.74, 6) is 4.99. The van der Waals surface area contributed by atoms with Gasteiger partial charge in [-0.2, -0.15) is 0 Å². The third-order valence-electron chi connectivity index (χ3n) is 2.45. The van der Waals surface area contributed by atoms with Crippen LogP contribution in [0.4, 0.5) is 4.39 Å². The summed E-state index contributed by atoms with van der Waals surface area (Å²) < 4.78 is 13.3. The zero-order valence-electron chi connectivity index (χ0n) is 9.56. The monoisotopic (exact) mass is 245 g/mol. The maximum absolute atomic E-state index is 13.3. The molecule has 0 aliphatic carbocycles. The fraction of sp³-hybridized carbons (Fsp3) is 0.455. The lowest BCUT2D eigenvalue weighted by molar-refractivity contribution is 0.312. The van der Waals surface area contributed by atoms with Crippen molar-refractivity contribution in [3.05, 3.63) is 34.1 Å². The number of nitrogens with two attached hydrogens (primary N) is 1. The Bertz CT molecular complexity index is 357. The first kappa shape index (κ1) is 13.4. The van der Waals surface area contributed by atoms with Gasteiger partial charge in [0, 0.05) is 11.6 Å². The van der Waals surface area contributed by atoms with Gasteiger partial charge in [0.05, 0.1) is 6.67 Å². The molecule has 0 fully saturated rings. The van der Waals surface area contributed by atoms with Gasteiger partial charge in [0.1, 0.15) is 5.82 Å². The summed E-state index contributed by atoms with van der Waals surface area (Å²) in [6, 6.07) is 3.16. The van der Waals surface area contributed by atoms with Crippen LogP contribution in [0.2, 0.25) is 5.02 Å². The van der Waals surface area contributed by atoms with Crippen molar-refractivity contribution in [2.75, 3.05) is 20.3 Å². The summed E-state index contributed by atoms with van der Waals surface area (Å²) in [5.41, 5.74) is 3.96. The van der Waals surface area contributed by atoms with E-state index in [0.29, 0.717) is 23.7 Å². The molecule has 1 aromatic carbocycles. The van der Waals surface area contributed by atoms with Crippen molar-refractivity contribution in [3.8, 4) is 0 Å². The number of rotatable bonds is 5. The molecule has 0 unspecified atom stereocenters. The Morgan fingerprint density at radius 3 is 2.81 bits per heavy atom. The minimum atomic E-state index is -0.209. The Labute approximate surface area is 100 Å². The minimum absolute atomic E-state index is 0.209. The lowest BCUT2D eigenvalue weighted by Crippen LogP contribution is -2.36. The Morgan fingerprint density at radius 1 is 1.50 bits per heavy atom. The van der Waals surface area contributed by atoms with E-state index in [1.807, 2.05) is 11.9 Å². The molecular weight excluding hydrogens is 229 g/mol. The van der Waals surface area contributed by atoms with Crippen molar-refractivity contribution in [1.29, 1.82) is 0 Å². The normalized spacial score (nSPS) is 11.1. The second kappa shape index (κ2) is 6.15. The molecule has 16 heavy (non-hydrogen) atoms. The zero-order valence-corrected chi connectivity index (χ0v) is 10.3. The molecule has 1 rings (SSSR count). The quantitative estimate of drug-likeness (QED) is 0.471. The minimum Gasteiger partial charge on any atom is -0.292 e. The first-order chi connectivity index (χ1) is 7.54. The Balaban J connectivity index is 2.63. The number of benzene rings is 1. The van der Waals surface area contributed by atoms with Gasteiger partial charge in [0.2, 0.25) is 0 Å². The number of nitrogens with zero attached hydrogens (tertiary/aromatic N) is 1. The topological polar surface area (TPSA) is 41.3 Å². The second-order valence-corrected chi connectivity index (χ2v) is 4.29. The van der Waals surface area contributed by atoms with Gasteiger partial charge in [-0.1, -0.05) is 11.6 Å². The first-order valence-corrected chi connectivity index (χ1v) is 5.49. The number of halogens is 2. The van der Waals surface area contributed by atoms with Crippen LogP contribution in [0.5, 0.6) is 0 Å². The van der Waals surface area contributed by atoms with Crippen LogP contribution >= 0.6 is 11.6 Å². The molecule has 3 nitrogen and oxygen atoms in total. The average molecular weight is 246 g/mol. The van der Waals surface area contributed by atoms with Crippen molar-refractivity contribution in [3.63, 3.8) is 0 Å². The summed E-state index contributed by atoms with van der Waals surface area (Å²) in [4.78, 5) is 1.99. The van der Waals surface area contributed by atoms with E-state index in [-0.39, 0.29) is 5.82 Å². The van der Waals surface area contributed by atoms with Crippen molar-refractivity contribution in [1.82, 2.24) is 10.3 Å². The van der Waals surface area contributed by atoms with E-state index in [4.69, 9.17) is 17.4 Å². The van der Waals surface area contributed by atoms with E-state index < -0.39 is 0 Å². The van der Waals surface area contributed by atoms with Crippen LogP contribution in [0.3, 0.4) is 0 Å². The van der Waals surface area contributed by atoms with Crippen molar-refractivity contribution < 1.29 is 4.39 Å². The van der Waals surface area contributed by atoms with Gasteiger partial charge in [0.25, 0.3) is 0 Å². The van der Waals surface area contributed by atoms with Crippen molar-refractivity contribution >= 4 is 11.6 Å². The maximum atomic E-state index is 13.3. The number of hydrogen-bond acceptors (Lipinski definition) is 3. The molecule has 0 radical (unpaired) electrons. The van der Waals surface area contributed by atoms with Gasteiger partial charge in [0.15, 0.2) is 0 Å². The summed E-state index contributed by atoms with van der Waals surface area (Å²) in [7, 11) is 1.93. The van der Waals surface area contributed by atoms with Crippen LogP contribution in [-0.4, -0.2) is 25.2 Å². The Kier molecular flexibility index (Phi) is 5.15. The SMILES string of the molecule is Cc1cc(Cl)c(CCN(C)CNN)cc1F. The number of aryl methyl sites for hydroxylation is 1. The molecule has 3 N–H and O–H groups in total. The van der Waals surface area contributed by atoms with E-state index >= 15 is 0 Å². The lowest BCUT2D eigenvalue weighted by Gasteiger charge is -2.16. The van der Waals surface area contributed by atoms with Crippen LogP contribution in [0.1, 0.15) is 11.1 Å². The molecule has 5 heteroatoms. The van der Waals surface area contributed by atoms with Crippen molar-refractivity contribution in [2.45, 2.75) is 13.3 Å². The molecule has 0 bridgehead atoms. The fourth-order valence-corrected chi connectivity index (χ4v) is 1.74. The molecule has 0 amide bonds. The molecule has 0 heterocycles.